The molecule has 1 atom stereocenters. The molecule has 0 bridgehead atoms. The van der Waals surface area contributed by atoms with Crippen LogP contribution in [0.1, 0.15) is 32.1 Å². The van der Waals surface area contributed by atoms with Crippen molar-refractivity contribution in [3.8, 4) is 0 Å². The van der Waals surface area contributed by atoms with Crippen molar-refractivity contribution in [3.05, 3.63) is 18.5 Å². The van der Waals surface area contributed by atoms with E-state index in [1.165, 1.54) is 0 Å². The second-order valence-electron chi connectivity index (χ2n) is 6.15. The van der Waals surface area contributed by atoms with Gasteiger partial charge < -0.3 is 16.0 Å². The molecule has 2 aliphatic rings. The number of nitrogens with two attached hydrogens (primary N) is 1. The Morgan fingerprint density at radius 1 is 1.38 bits per heavy atom. The van der Waals surface area contributed by atoms with E-state index in [-0.39, 0.29) is 17.4 Å². The maximum Gasteiger partial charge on any atom is 0.227 e. The van der Waals surface area contributed by atoms with E-state index in [4.69, 9.17) is 5.73 Å². The molecule has 1 aromatic rings. The van der Waals surface area contributed by atoms with Crippen molar-refractivity contribution >= 4 is 11.9 Å². The van der Waals surface area contributed by atoms with Crippen molar-refractivity contribution < 1.29 is 4.79 Å². The van der Waals surface area contributed by atoms with Gasteiger partial charge in [-0.15, -0.1) is 0 Å². The number of nitrogens with one attached hydrogen (secondary N) is 1. The summed E-state index contributed by atoms with van der Waals surface area (Å²) in [5.41, 5.74) is 5.50. The third-order valence-corrected chi connectivity index (χ3v) is 4.77. The third-order valence-electron chi connectivity index (χ3n) is 4.77. The van der Waals surface area contributed by atoms with Gasteiger partial charge in [0.2, 0.25) is 11.9 Å². The van der Waals surface area contributed by atoms with Gasteiger partial charge in [-0.1, -0.05) is 6.42 Å². The number of hydrogen-bond donors (Lipinski definition) is 2. The molecule has 1 aliphatic heterocycles. The minimum Gasteiger partial charge on any atom is -0.351 e. The van der Waals surface area contributed by atoms with Gasteiger partial charge in [-0.2, -0.15) is 0 Å². The van der Waals surface area contributed by atoms with Crippen LogP contribution < -0.4 is 16.0 Å². The smallest absolute Gasteiger partial charge is 0.227 e. The number of carbonyl (C=O) groups is 1. The molecule has 1 aliphatic carbocycles. The minimum absolute atomic E-state index is 0.136. The topological polar surface area (TPSA) is 84.1 Å². The predicted octanol–water partition coefficient (Wildman–Crippen LogP) is 0.691. The van der Waals surface area contributed by atoms with Gasteiger partial charge in [0.05, 0.1) is 5.41 Å². The molecular weight excluding hydrogens is 266 g/mol. The van der Waals surface area contributed by atoms with Crippen LogP contribution in [0.2, 0.25) is 0 Å². The maximum atomic E-state index is 12.4. The Morgan fingerprint density at radius 3 is 2.76 bits per heavy atom. The molecule has 1 saturated carbocycles. The number of nitrogens with zero attached hydrogens (tertiary/aromatic N) is 3. The van der Waals surface area contributed by atoms with Gasteiger partial charge in [-0.3, -0.25) is 4.79 Å². The third kappa shape index (κ3) is 2.85. The maximum absolute atomic E-state index is 12.4. The Labute approximate surface area is 125 Å². The zero-order valence-electron chi connectivity index (χ0n) is 12.3. The number of piperidine rings is 1. The summed E-state index contributed by atoms with van der Waals surface area (Å²) in [6.45, 7) is 2.17. The standard InChI is InChI=1S/C15H23N5O/c16-11-15(5-2-6-15)13(21)19-12-4-1-9-20(10-12)14-17-7-3-8-18-14/h3,7-8,12H,1-2,4-6,9-11,16H2,(H,19,21). The Bertz CT molecular complexity index is 483. The molecule has 1 amide bonds. The fourth-order valence-corrected chi connectivity index (χ4v) is 3.20. The fourth-order valence-electron chi connectivity index (χ4n) is 3.20. The average molecular weight is 289 g/mol. The number of anilines is 1. The summed E-state index contributed by atoms with van der Waals surface area (Å²) in [6, 6.07) is 1.98. The highest BCUT2D eigenvalue weighted by Gasteiger charge is 2.43. The van der Waals surface area contributed by atoms with E-state index < -0.39 is 0 Å². The largest absolute Gasteiger partial charge is 0.351 e. The molecule has 2 heterocycles. The van der Waals surface area contributed by atoms with Gasteiger partial charge in [0.1, 0.15) is 0 Å². The van der Waals surface area contributed by atoms with E-state index in [0.29, 0.717) is 6.54 Å². The van der Waals surface area contributed by atoms with Crippen LogP contribution in [0, 0.1) is 5.41 Å². The Balaban J connectivity index is 1.60. The molecule has 114 valence electrons. The summed E-state index contributed by atoms with van der Waals surface area (Å²) in [7, 11) is 0. The van der Waals surface area contributed by atoms with Gasteiger partial charge in [0, 0.05) is 38.1 Å². The normalized spacial score (nSPS) is 24.2. The van der Waals surface area contributed by atoms with Gasteiger partial charge in [0.15, 0.2) is 0 Å². The molecule has 0 spiro atoms. The first-order chi connectivity index (χ1) is 10.2. The summed E-state index contributed by atoms with van der Waals surface area (Å²) in [4.78, 5) is 23.2. The number of amides is 1. The monoisotopic (exact) mass is 289 g/mol. The van der Waals surface area contributed by atoms with Crippen molar-refractivity contribution in [1.82, 2.24) is 15.3 Å². The second-order valence-corrected chi connectivity index (χ2v) is 6.15. The quantitative estimate of drug-likeness (QED) is 0.852. The van der Waals surface area contributed by atoms with Crippen molar-refractivity contribution in [1.29, 1.82) is 0 Å². The molecule has 21 heavy (non-hydrogen) atoms. The molecule has 3 N–H and O–H groups in total. The van der Waals surface area contributed by atoms with Crippen molar-refractivity contribution in [2.75, 3.05) is 24.5 Å². The lowest BCUT2D eigenvalue weighted by molar-refractivity contribution is -0.136. The van der Waals surface area contributed by atoms with Crippen molar-refractivity contribution in [3.63, 3.8) is 0 Å². The van der Waals surface area contributed by atoms with Crippen LogP contribution in [0.3, 0.4) is 0 Å². The lowest BCUT2D eigenvalue weighted by atomic mass is 9.68. The Hall–Kier alpha value is -1.69. The molecule has 0 aromatic carbocycles. The summed E-state index contributed by atoms with van der Waals surface area (Å²) < 4.78 is 0. The van der Waals surface area contributed by atoms with E-state index in [0.717, 1.165) is 51.1 Å². The molecule has 6 nitrogen and oxygen atoms in total. The first kappa shape index (κ1) is 14.3. The van der Waals surface area contributed by atoms with E-state index in [1.807, 2.05) is 6.07 Å². The molecular formula is C15H23N5O. The lowest BCUT2D eigenvalue weighted by Crippen LogP contribution is -2.56. The molecule has 3 rings (SSSR count). The van der Waals surface area contributed by atoms with E-state index >= 15 is 0 Å². The zero-order valence-corrected chi connectivity index (χ0v) is 12.3. The Morgan fingerprint density at radius 2 is 2.14 bits per heavy atom. The van der Waals surface area contributed by atoms with Crippen LogP contribution in [0.5, 0.6) is 0 Å². The number of hydrogen-bond acceptors (Lipinski definition) is 5. The van der Waals surface area contributed by atoms with Crippen molar-refractivity contribution in [2.45, 2.75) is 38.1 Å². The van der Waals surface area contributed by atoms with Gasteiger partial charge in [-0.25, -0.2) is 9.97 Å². The molecule has 6 heteroatoms. The molecule has 2 fully saturated rings. The van der Waals surface area contributed by atoms with Crippen LogP contribution in [-0.4, -0.2) is 41.6 Å². The summed E-state index contributed by atoms with van der Waals surface area (Å²) in [6.07, 6.45) is 8.51. The fraction of sp³-hybridized carbons (Fsp3) is 0.667. The van der Waals surface area contributed by atoms with Crippen LogP contribution in [0.25, 0.3) is 0 Å². The van der Waals surface area contributed by atoms with Crippen LogP contribution in [0.4, 0.5) is 5.95 Å². The first-order valence-corrected chi connectivity index (χ1v) is 7.76. The SMILES string of the molecule is NCC1(C(=O)NC2CCCN(c3ncccn3)C2)CCC1. The van der Waals surface area contributed by atoms with Crippen LogP contribution in [0.15, 0.2) is 18.5 Å². The summed E-state index contributed by atoms with van der Waals surface area (Å²) >= 11 is 0. The van der Waals surface area contributed by atoms with Crippen LogP contribution >= 0.6 is 0 Å². The minimum atomic E-state index is -0.300. The second kappa shape index (κ2) is 5.97. The van der Waals surface area contributed by atoms with Crippen LogP contribution in [-0.2, 0) is 4.79 Å². The Kier molecular flexibility index (Phi) is 4.05. The van der Waals surface area contributed by atoms with E-state index in [2.05, 4.69) is 20.2 Å². The first-order valence-electron chi connectivity index (χ1n) is 7.76. The molecule has 1 aromatic heterocycles. The van der Waals surface area contributed by atoms with Crippen molar-refractivity contribution in [2.24, 2.45) is 11.1 Å². The predicted molar refractivity (Wildman–Crippen MR) is 80.7 cm³/mol. The highest BCUT2D eigenvalue weighted by molar-refractivity contribution is 5.84. The van der Waals surface area contributed by atoms with Gasteiger partial charge in [-0.05, 0) is 31.7 Å². The molecule has 0 radical (unpaired) electrons. The number of carbonyl (C=O) groups excluding carboxylic acids is 1. The average Bonchev–Trinajstić information content (AvgIpc) is 2.48. The van der Waals surface area contributed by atoms with Gasteiger partial charge in [0.25, 0.3) is 0 Å². The highest BCUT2D eigenvalue weighted by Crippen LogP contribution is 2.40. The van der Waals surface area contributed by atoms with Gasteiger partial charge >= 0.3 is 0 Å². The lowest BCUT2D eigenvalue weighted by Gasteiger charge is -2.41. The van der Waals surface area contributed by atoms with E-state index in [1.54, 1.807) is 12.4 Å². The number of aromatic nitrogens is 2. The summed E-state index contributed by atoms with van der Waals surface area (Å²) in [5.74, 6) is 0.880. The number of rotatable bonds is 4. The van der Waals surface area contributed by atoms with E-state index in [9.17, 15) is 4.79 Å². The summed E-state index contributed by atoms with van der Waals surface area (Å²) in [5, 5.41) is 3.20. The molecule has 1 unspecified atom stereocenters. The highest BCUT2D eigenvalue weighted by atomic mass is 16.2. The zero-order chi connectivity index (χ0) is 14.7. The molecule has 1 saturated heterocycles.